The van der Waals surface area contributed by atoms with E-state index in [0.29, 0.717) is 12.3 Å². The average molecular weight is 478 g/mol. The molecule has 0 aliphatic carbocycles. The van der Waals surface area contributed by atoms with Gasteiger partial charge < -0.3 is 5.32 Å². The van der Waals surface area contributed by atoms with Crippen molar-refractivity contribution in [1.29, 1.82) is 0 Å². The Morgan fingerprint density at radius 3 is 2.17 bits per heavy atom. The van der Waals surface area contributed by atoms with Crippen LogP contribution in [-0.2, 0) is 14.8 Å². The molecule has 0 saturated carbocycles. The third-order valence-electron chi connectivity index (χ3n) is 4.19. The molecule has 2 rings (SSSR count). The normalized spacial score (nSPS) is 12.7. The first-order valence-corrected chi connectivity index (χ1v) is 11.9. The maximum Gasteiger partial charge on any atom is 0.241 e. The summed E-state index contributed by atoms with van der Waals surface area (Å²) in [6, 6.07) is 12.0. The van der Waals surface area contributed by atoms with Crippen molar-refractivity contribution in [2.45, 2.75) is 26.3 Å². The largest absolute Gasteiger partial charge is 0.348 e. The maximum atomic E-state index is 12.8. The molecule has 158 valence electrons. The number of nitrogens with one attached hydrogen (secondary N) is 1. The number of anilines is 1. The number of halogens is 3. The van der Waals surface area contributed by atoms with Crippen molar-refractivity contribution < 1.29 is 13.2 Å². The minimum atomic E-state index is -3.80. The predicted molar refractivity (Wildman–Crippen MR) is 120 cm³/mol. The smallest absolute Gasteiger partial charge is 0.241 e. The summed E-state index contributed by atoms with van der Waals surface area (Å²) in [6.07, 6.45) is 1.71. The van der Waals surface area contributed by atoms with E-state index < -0.39 is 22.5 Å². The highest BCUT2D eigenvalue weighted by molar-refractivity contribution is 7.92. The van der Waals surface area contributed by atoms with Crippen LogP contribution in [0.1, 0.15) is 31.9 Å². The first-order chi connectivity index (χ1) is 13.5. The van der Waals surface area contributed by atoms with Crippen molar-refractivity contribution in [3.63, 3.8) is 0 Å². The number of amides is 1. The third-order valence-corrected chi connectivity index (χ3v) is 6.34. The number of hydrogen-bond acceptors (Lipinski definition) is 3. The van der Waals surface area contributed by atoms with Crippen molar-refractivity contribution in [3.8, 4) is 0 Å². The molecule has 0 heterocycles. The van der Waals surface area contributed by atoms with Gasteiger partial charge in [0.05, 0.1) is 33.1 Å². The second-order valence-electron chi connectivity index (χ2n) is 7.15. The van der Waals surface area contributed by atoms with Crippen LogP contribution in [-0.4, -0.2) is 27.1 Å². The number of carbonyl (C=O) groups excluding carboxylic acids is 1. The molecule has 0 saturated heterocycles. The summed E-state index contributed by atoms with van der Waals surface area (Å²) in [5.74, 6) is -0.122. The van der Waals surface area contributed by atoms with Gasteiger partial charge in [-0.2, -0.15) is 0 Å². The predicted octanol–water partition coefficient (Wildman–Crippen LogP) is 5.32. The van der Waals surface area contributed by atoms with Crippen molar-refractivity contribution in [3.05, 3.63) is 63.1 Å². The standard InChI is InChI=1S/C20H23Cl3N2O3S/c1-13(2)9-18(14-7-5-4-6-8-14)24-20(26)12-25(29(3,27)28)19-11-16(22)15(21)10-17(19)23/h4-8,10-11,13,18H,9,12H2,1-3H3,(H,24,26). The Morgan fingerprint density at radius 1 is 1.03 bits per heavy atom. The summed E-state index contributed by atoms with van der Waals surface area (Å²) in [4.78, 5) is 12.8. The maximum absolute atomic E-state index is 12.8. The van der Waals surface area contributed by atoms with E-state index in [1.807, 2.05) is 30.3 Å². The zero-order valence-corrected chi connectivity index (χ0v) is 19.4. The molecule has 0 aliphatic rings. The summed E-state index contributed by atoms with van der Waals surface area (Å²) in [6.45, 7) is 3.68. The van der Waals surface area contributed by atoms with Crippen LogP contribution in [0.15, 0.2) is 42.5 Å². The fraction of sp³-hybridized carbons (Fsp3) is 0.350. The van der Waals surface area contributed by atoms with Gasteiger partial charge in [-0.05, 0) is 30.0 Å². The lowest BCUT2D eigenvalue weighted by Gasteiger charge is -2.26. The van der Waals surface area contributed by atoms with E-state index in [-0.39, 0.29) is 26.8 Å². The summed E-state index contributed by atoms with van der Waals surface area (Å²) < 4.78 is 25.6. The second-order valence-corrected chi connectivity index (χ2v) is 10.3. The molecule has 0 aliphatic heterocycles. The molecule has 0 fully saturated rings. The van der Waals surface area contributed by atoms with E-state index in [0.717, 1.165) is 16.1 Å². The summed E-state index contributed by atoms with van der Waals surface area (Å²) in [5, 5.41) is 3.35. The SMILES string of the molecule is CC(C)CC(NC(=O)CN(c1cc(Cl)c(Cl)cc1Cl)S(C)(=O)=O)c1ccccc1. The van der Waals surface area contributed by atoms with E-state index in [9.17, 15) is 13.2 Å². The topological polar surface area (TPSA) is 66.5 Å². The van der Waals surface area contributed by atoms with Crippen LogP contribution in [0, 0.1) is 5.92 Å². The van der Waals surface area contributed by atoms with Crippen LogP contribution in [0.2, 0.25) is 15.1 Å². The van der Waals surface area contributed by atoms with Gasteiger partial charge in [0.15, 0.2) is 0 Å². The van der Waals surface area contributed by atoms with Crippen LogP contribution >= 0.6 is 34.8 Å². The monoisotopic (exact) mass is 476 g/mol. The molecule has 5 nitrogen and oxygen atoms in total. The van der Waals surface area contributed by atoms with Gasteiger partial charge in [0.1, 0.15) is 6.54 Å². The Kier molecular flexibility index (Phi) is 8.23. The van der Waals surface area contributed by atoms with Crippen molar-refractivity contribution in [2.75, 3.05) is 17.1 Å². The highest BCUT2D eigenvalue weighted by Crippen LogP contribution is 2.35. The Morgan fingerprint density at radius 2 is 1.62 bits per heavy atom. The molecular formula is C20H23Cl3N2O3S. The molecule has 29 heavy (non-hydrogen) atoms. The molecule has 1 unspecified atom stereocenters. The van der Waals surface area contributed by atoms with Crippen LogP contribution in [0.5, 0.6) is 0 Å². The third kappa shape index (κ3) is 6.78. The molecule has 1 amide bonds. The number of sulfonamides is 1. The first kappa shape index (κ1) is 23.8. The molecular weight excluding hydrogens is 455 g/mol. The molecule has 0 bridgehead atoms. The molecule has 2 aromatic rings. The van der Waals surface area contributed by atoms with Gasteiger partial charge in [-0.1, -0.05) is 79.0 Å². The van der Waals surface area contributed by atoms with Gasteiger partial charge in [0, 0.05) is 0 Å². The lowest BCUT2D eigenvalue weighted by molar-refractivity contribution is -0.120. The Hall–Kier alpha value is -1.47. The van der Waals surface area contributed by atoms with Crippen molar-refractivity contribution in [1.82, 2.24) is 5.32 Å². The van der Waals surface area contributed by atoms with Crippen molar-refractivity contribution >= 4 is 56.4 Å². The second kappa shape index (κ2) is 10.0. The van der Waals surface area contributed by atoms with Gasteiger partial charge >= 0.3 is 0 Å². The highest BCUT2D eigenvalue weighted by Gasteiger charge is 2.25. The van der Waals surface area contributed by atoms with Gasteiger partial charge in [0.25, 0.3) is 0 Å². The Labute approximate surface area is 187 Å². The molecule has 1 N–H and O–H groups in total. The number of benzene rings is 2. The Bertz CT molecular complexity index is 966. The van der Waals surface area contributed by atoms with E-state index >= 15 is 0 Å². The van der Waals surface area contributed by atoms with E-state index in [2.05, 4.69) is 19.2 Å². The quantitative estimate of drug-likeness (QED) is 0.523. The number of rotatable bonds is 8. The van der Waals surface area contributed by atoms with Gasteiger partial charge in [-0.15, -0.1) is 0 Å². The highest BCUT2D eigenvalue weighted by atomic mass is 35.5. The number of carbonyl (C=O) groups is 1. The van der Waals surface area contributed by atoms with Crippen LogP contribution in [0.4, 0.5) is 5.69 Å². The first-order valence-electron chi connectivity index (χ1n) is 8.95. The van der Waals surface area contributed by atoms with Crippen LogP contribution < -0.4 is 9.62 Å². The Balaban J connectivity index is 2.29. The molecule has 0 radical (unpaired) electrons. The minimum Gasteiger partial charge on any atom is -0.348 e. The zero-order chi connectivity index (χ0) is 21.8. The molecule has 9 heteroatoms. The van der Waals surface area contributed by atoms with E-state index in [1.165, 1.54) is 12.1 Å². The summed E-state index contributed by atoms with van der Waals surface area (Å²) >= 11 is 18.1. The fourth-order valence-corrected chi connectivity index (χ4v) is 4.44. The lowest BCUT2D eigenvalue weighted by Crippen LogP contribution is -2.42. The van der Waals surface area contributed by atoms with Gasteiger partial charge in [-0.3, -0.25) is 9.10 Å². The summed E-state index contributed by atoms with van der Waals surface area (Å²) in [5.41, 5.74) is 1.05. The lowest BCUT2D eigenvalue weighted by atomic mass is 9.97. The zero-order valence-electron chi connectivity index (χ0n) is 16.3. The molecule has 1 atom stereocenters. The number of nitrogens with zero attached hydrogens (tertiary/aromatic N) is 1. The fourth-order valence-electron chi connectivity index (χ4n) is 2.89. The number of hydrogen-bond donors (Lipinski definition) is 1. The van der Waals surface area contributed by atoms with E-state index in [1.54, 1.807) is 0 Å². The van der Waals surface area contributed by atoms with E-state index in [4.69, 9.17) is 34.8 Å². The molecule has 2 aromatic carbocycles. The minimum absolute atomic E-state index is 0.0828. The van der Waals surface area contributed by atoms with Crippen LogP contribution in [0.3, 0.4) is 0 Å². The van der Waals surface area contributed by atoms with Gasteiger partial charge in [0.2, 0.25) is 15.9 Å². The van der Waals surface area contributed by atoms with Crippen LogP contribution in [0.25, 0.3) is 0 Å². The van der Waals surface area contributed by atoms with Gasteiger partial charge in [-0.25, -0.2) is 8.42 Å². The molecule has 0 spiro atoms. The summed E-state index contributed by atoms with van der Waals surface area (Å²) in [7, 11) is -3.80. The van der Waals surface area contributed by atoms with Crippen molar-refractivity contribution in [2.24, 2.45) is 5.92 Å². The average Bonchev–Trinajstić information content (AvgIpc) is 2.62. The molecule has 0 aromatic heterocycles.